The summed E-state index contributed by atoms with van der Waals surface area (Å²) in [4.78, 5) is 12.0. The smallest absolute Gasteiger partial charge is 0.193 e. The summed E-state index contributed by atoms with van der Waals surface area (Å²) in [6, 6.07) is 10.8. The third-order valence-corrected chi connectivity index (χ3v) is 6.22. The number of nitrogens with one attached hydrogen (secondary N) is 1. The Morgan fingerprint density at radius 2 is 1.69 bits per heavy atom. The highest BCUT2D eigenvalue weighted by molar-refractivity contribution is 14.0. The first-order valence-electron chi connectivity index (χ1n) is 11.8. The van der Waals surface area contributed by atoms with Crippen molar-refractivity contribution in [3.63, 3.8) is 0 Å². The molecule has 1 aromatic rings. The lowest BCUT2D eigenvalue weighted by atomic mass is 10.1. The summed E-state index contributed by atoms with van der Waals surface area (Å²) in [6.07, 6.45) is 3.48. The highest BCUT2D eigenvalue weighted by Gasteiger charge is 2.22. The fourth-order valence-electron chi connectivity index (χ4n) is 4.36. The molecule has 8 heteroatoms. The van der Waals surface area contributed by atoms with Crippen LogP contribution < -0.4 is 5.32 Å². The van der Waals surface area contributed by atoms with Crippen LogP contribution in [0.3, 0.4) is 0 Å². The van der Waals surface area contributed by atoms with Crippen LogP contribution in [0.25, 0.3) is 0 Å². The predicted octanol–water partition coefficient (Wildman–Crippen LogP) is 2.52. The van der Waals surface area contributed by atoms with Crippen molar-refractivity contribution < 1.29 is 9.47 Å². The van der Waals surface area contributed by atoms with Gasteiger partial charge in [-0.25, -0.2) is 0 Å². The minimum absolute atomic E-state index is 0. The van der Waals surface area contributed by atoms with E-state index in [4.69, 9.17) is 9.47 Å². The Bertz CT molecular complexity index is 633. The summed E-state index contributed by atoms with van der Waals surface area (Å²) in [7, 11) is 3.63. The number of methoxy groups -OCH3 is 1. The lowest BCUT2D eigenvalue weighted by molar-refractivity contribution is 0.00988. The normalized spacial score (nSPS) is 19.1. The second-order valence-corrected chi connectivity index (χ2v) is 8.48. The molecule has 2 saturated heterocycles. The number of hydrogen-bond donors (Lipinski definition) is 1. The fourth-order valence-corrected chi connectivity index (χ4v) is 4.36. The molecule has 0 unspecified atom stereocenters. The van der Waals surface area contributed by atoms with Crippen LogP contribution in [-0.4, -0.2) is 106 Å². The van der Waals surface area contributed by atoms with Gasteiger partial charge in [-0.3, -0.25) is 14.8 Å². The van der Waals surface area contributed by atoms with Gasteiger partial charge in [0, 0.05) is 86.3 Å². The predicted molar refractivity (Wildman–Crippen MR) is 142 cm³/mol. The molecule has 1 N–H and O–H groups in total. The number of hydrogen-bond acceptors (Lipinski definition) is 5. The molecule has 0 aliphatic carbocycles. The van der Waals surface area contributed by atoms with Gasteiger partial charge in [0.2, 0.25) is 0 Å². The van der Waals surface area contributed by atoms with E-state index in [1.54, 1.807) is 7.11 Å². The molecule has 0 bridgehead atoms. The van der Waals surface area contributed by atoms with Crippen molar-refractivity contribution in [2.45, 2.75) is 31.9 Å². The van der Waals surface area contributed by atoms with Crippen molar-refractivity contribution >= 4 is 29.9 Å². The number of piperazine rings is 1. The van der Waals surface area contributed by atoms with Gasteiger partial charge in [-0.1, -0.05) is 30.3 Å². The zero-order valence-electron chi connectivity index (χ0n) is 19.9. The average molecular weight is 560 g/mol. The molecule has 0 amide bonds. The zero-order valence-corrected chi connectivity index (χ0v) is 22.2. The van der Waals surface area contributed by atoms with Crippen LogP contribution in [0.1, 0.15) is 24.8 Å². The van der Waals surface area contributed by atoms with E-state index in [0.29, 0.717) is 6.10 Å². The number of nitrogens with zero attached hydrogens (tertiary/aromatic N) is 4. The van der Waals surface area contributed by atoms with E-state index in [0.717, 1.165) is 97.3 Å². The van der Waals surface area contributed by atoms with E-state index in [1.807, 2.05) is 7.05 Å². The quantitative estimate of drug-likeness (QED) is 0.206. The van der Waals surface area contributed by atoms with Gasteiger partial charge in [-0.2, -0.15) is 0 Å². The van der Waals surface area contributed by atoms with Gasteiger partial charge in [0.1, 0.15) is 0 Å². The number of rotatable bonds is 10. The van der Waals surface area contributed by atoms with Crippen LogP contribution in [0.4, 0.5) is 0 Å². The molecule has 0 aromatic heterocycles. The van der Waals surface area contributed by atoms with E-state index in [9.17, 15) is 0 Å². The summed E-state index contributed by atoms with van der Waals surface area (Å²) in [6.45, 7) is 11.2. The third-order valence-electron chi connectivity index (χ3n) is 6.22. The second kappa shape index (κ2) is 15.8. The van der Waals surface area contributed by atoms with Crippen LogP contribution in [0.2, 0.25) is 0 Å². The average Bonchev–Trinajstić information content (AvgIpc) is 2.82. The van der Waals surface area contributed by atoms with Gasteiger partial charge < -0.3 is 19.7 Å². The molecule has 0 radical (unpaired) electrons. The Morgan fingerprint density at radius 3 is 2.34 bits per heavy atom. The number of aliphatic imine (C=N–C) groups is 1. The van der Waals surface area contributed by atoms with Gasteiger partial charge in [-0.05, 0) is 24.8 Å². The molecule has 182 valence electrons. The van der Waals surface area contributed by atoms with Crippen LogP contribution in [0.15, 0.2) is 35.3 Å². The zero-order chi connectivity index (χ0) is 21.7. The van der Waals surface area contributed by atoms with E-state index < -0.39 is 0 Å². The lowest BCUT2D eigenvalue weighted by Crippen LogP contribution is -2.50. The molecule has 2 heterocycles. The molecule has 0 spiro atoms. The summed E-state index contributed by atoms with van der Waals surface area (Å²) in [5.41, 5.74) is 1.41. The van der Waals surface area contributed by atoms with Gasteiger partial charge in [-0.15, -0.1) is 24.0 Å². The molecule has 32 heavy (non-hydrogen) atoms. The molecule has 0 saturated carbocycles. The topological polar surface area (TPSA) is 52.6 Å². The Kier molecular flexibility index (Phi) is 13.5. The first kappa shape index (κ1) is 27.3. The lowest BCUT2D eigenvalue weighted by Gasteiger charge is -2.36. The number of guanidine groups is 1. The van der Waals surface area contributed by atoms with E-state index in [2.05, 4.69) is 55.3 Å². The number of ether oxygens (including phenoxy) is 2. The molecular formula is C24H42IN5O2. The molecule has 2 aliphatic rings. The second-order valence-electron chi connectivity index (χ2n) is 8.48. The van der Waals surface area contributed by atoms with Crippen LogP contribution in [-0.2, 0) is 16.0 Å². The van der Waals surface area contributed by atoms with E-state index in [-0.39, 0.29) is 24.0 Å². The Labute approximate surface area is 211 Å². The van der Waals surface area contributed by atoms with E-state index >= 15 is 0 Å². The van der Waals surface area contributed by atoms with E-state index in [1.165, 1.54) is 5.56 Å². The Balaban J connectivity index is 0.00000363. The Morgan fingerprint density at radius 1 is 1.00 bits per heavy atom. The molecule has 1 aromatic carbocycles. The van der Waals surface area contributed by atoms with Gasteiger partial charge >= 0.3 is 0 Å². The number of piperidine rings is 1. The first-order valence-corrected chi connectivity index (χ1v) is 11.8. The number of likely N-dealkylation sites (tertiary alicyclic amines) is 1. The Hall–Kier alpha value is -0.940. The highest BCUT2D eigenvalue weighted by Crippen LogP contribution is 2.14. The summed E-state index contributed by atoms with van der Waals surface area (Å²) in [5, 5.41) is 3.58. The van der Waals surface area contributed by atoms with Crippen LogP contribution in [0.5, 0.6) is 0 Å². The molecule has 0 atom stereocenters. The minimum Gasteiger partial charge on any atom is -0.385 e. The van der Waals surface area contributed by atoms with Crippen molar-refractivity contribution in [3.05, 3.63) is 35.9 Å². The van der Waals surface area contributed by atoms with Gasteiger partial charge in [0.15, 0.2) is 5.96 Å². The maximum absolute atomic E-state index is 5.98. The number of benzene rings is 1. The third kappa shape index (κ3) is 9.51. The molecule has 2 aliphatic heterocycles. The SMILES string of the molecule is CN=C(NCCN1CCN(Cc2ccccc2)CC1)N1CCC(OCCCOC)CC1.I. The first-order chi connectivity index (χ1) is 15.3. The monoisotopic (exact) mass is 559 g/mol. The van der Waals surface area contributed by atoms with Crippen molar-refractivity contribution in [1.29, 1.82) is 0 Å². The van der Waals surface area contributed by atoms with Gasteiger partial charge in [0.05, 0.1) is 6.10 Å². The molecule has 3 rings (SSSR count). The van der Waals surface area contributed by atoms with Crippen molar-refractivity contribution in [3.8, 4) is 0 Å². The van der Waals surface area contributed by atoms with Crippen LogP contribution in [0, 0.1) is 0 Å². The fraction of sp³-hybridized carbons (Fsp3) is 0.708. The molecule has 7 nitrogen and oxygen atoms in total. The molecular weight excluding hydrogens is 517 g/mol. The minimum atomic E-state index is 0. The van der Waals surface area contributed by atoms with Gasteiger partial charge in [0.25, 0.3) is 0 Å². The summed E-state index contributed by atoms with van der Waals surface area (Å²) < 4.78 is 11.1. The van der Waals surface area contributed by atoms with Crippen molar-refractivity contribution in [2.24, 2.45) is 4.99 Å². The standard InChI is InChI=1S/C24H41N5O2.HI/c1-25-24(29-12-9-23(10-13-29)31-20-6-19-30-2)26-11-14-27-15-17-28(18-16-27)21-22-7-4-3-5-8-22;/h3-5,7-8,23H,6,9-21H2,1-2H3,(H,25,26);1H. The highest BCUT2D eigenvalue weighted by atomic mass is 127. The van der Waals surface area contributed by atoms with Crippen molar-refractivity contribution in [1.82, 2.24) is 20.0 Å². The van der Waals surface area contributed by atoms with Crippen molar-refractivity contribution in [2.75, 3.05) is 79.7 Å². The van der Waals surface area contributed by atoms with Crippen LogP contribution >= 0.6 is 24.0 Å². The maximum Gasteiger partial charge on any atom is 0.193 e. The summed E-state index contributed by atoms with van der Waals surface area (Å²) >= 11 is 0. The molecule has 2 fully saturated rings. The largest absolute Gasteiger partial charge is 0.385 e. The number of halogens is 1. The summed E-state index contributed by atoms with van der Waals surface area (Å²) in [5.74, 6) is 1.03. The maximum atomic E-state index is 5.98.